The average Bonchev–Trinajstić information content (AvgIpc) is 3.29. The van der Waals surface area contributed by atoms with Crippen molar-refractivity contribution < 1.29 is 19.4 Å². The van der Waals surface area contributed by atoms with Crippen LogP contribution in [-0.2, 0) is 37.4 Å². The number of aromatic nitrogens is 3. The largest absolute Gasteiger partial charge is 0.489 e. The van der Waals surface area contributed by atoms with Gasteiger partial charge in [0.15, 0.2) is 0 Å². The van der Waals surface area contributed by atoms with E-state index in [0.29, 0.717) is 19.7 Å². The van der Waals surface area contributed by atoms with E-state index < -0.39 is 5.97 Å². The normalized spacial score (nSPS) is 17.1. The van der Waals surface area contributed by atoms with Gasteiger partial charge >= 0.3 is 5.97 Å². The quantitative estimate of drug-likeness (QED) is 0.292. The molecule has 0 amide bonds. The molecular weight excluding hydrogens is 504 g/mol. The lowest BCUT2D eigenvalue weighted by Gasteiger charge is -2.30. The van der Waals surface area contributed by atoms with Crippen molar-refractivity contribution in [2.75, 3.05) is 13.2 Å². The van der Waals surface area contributed by atoms with Crippen molar-refractivity contribution in [3.05, 3.63) is 101 Å². The van der Waals surface area contributed by atoms with E-state index in [1.54, 1.807) is 12.1 Å². The predicted molar refractivity (Wildman–Crippen MR) is 151 cm³/mol. The van der Waals surface area contributed by atoms with Crippen molar-refractivity contribution >= 4 is 27.9 Å². The number of hydrogen-bond donors (Lipinski definition) is 1. The van der Waals surface area contributed by atoms with Gasteiger partial charge in [-0.25, -0.2) is 9.78 Å². The zero-order chi connectivity index (χ0) is 27.1. The van der Waals surface area contributed by atoms with Crippen LogP contribution in [-0.4, -0.2) is 49.8 Å². The fraction of sp³-hybridized carbons (Fsp3) is 0.281. The van der Waals surface area contributed by atoms with Gasteiger partial charge in [-0.05, 0) is 66.4 Å². The van der Waals surface area contributed by atoms with Gasteiger partial charge < -0.3 is 19.1 Å². The molecule has 8 nitrogen and oxygen atoms in total. The van der Waals surface area contributed by atoms with Crippen LogP contribution < -0.4 is 4.74 Å². The molecule has 1 saturated heterocycles. The molecule has 0 aliphatic carbocycles. The molecule has 1 atom stereocenters. The first kappa shape index (κ1) is 24.7. The van der Waals surface area contributed by atoms with Crippen LogP contribution in [0.15, 0.2) is 72.9 Å². The lowest BCUT2D eigenvalue weighted by atomic mass is 9.99. The predicted octanol–water partition coefficient (Wildman–Crippen LogP) is 5.21. The first-order chi connectivity index (χ1) is 19.6. The number of imidazole rings is 1. The van der Waals surface area contributed by atoms with Crippen LogP contribution in [0.3, 0.4) is 0 Å². The summed E-state index contributed by atoms with van der Waals surface area (Å²) in [4.78, 5) is 23.4. The molecule has 0 unspecified atom stereocenters. The molecule has 2 aromatic heterocycles. The minimum absolute atomic E-state index is 0.143. The van der Waals surface area contributed by atoms with Crippen molar-refractivity contribution in [3.63, 3.8) is 0 Å². The third-order valence-electron chi connectivity index (χ3n) is 8.02. The fourth-order valence-electron chi connectivity index (χ4n) is 5.72. The van der Waals surface area contributed by atoms with Crippen LogP contribution in [0.1, 0.15) is 39.3 Å². The monoisotopic (exact) mass is 534 g/mol. The number of pyridine rings is 1. The summed E-state index contributed by atoms with van der Waals surface area (Å²) in [6.45, 7) is 4.35. The van der Waals surface area contributed by atoms with E-state index in [1.165, 1.54) is 11.1 Å². The van der Waals surface area contributed by atoms with Gasteiger partial charge in [0.05, 0.1) is 41.3 Å². The highest BCUT2D eigenvalue weighted by molar-refractivity contribution is 5.92. The third-order valence-corrected chi connectivity index (χ3v) is 8.02. The summed E-state index contributed by atoms with van der Waals surface area (Å²) in [6, 6.07) is 21.7. The second-order valence-electron chi connectivity index (χ2n) is 10.6. The Morgan fingerprint density at radius 3 is 2.80 bits per heavy atom. The summed E-state index contributed by atoms with van der Waals surface area (Å²) in [5.74, 6) is 0.865. The van der Waals surface area contributed by atoms with E-state index in [2.05, 4.69) is 38.7 Å². The van der Waals surface area contributed by atoms with Crippen molar-refractivity contribution in [2.24, 2.45) is 0 Å². The molecule has 0 spiro atoms. The highest BCUT2D eigenvalue weighted by atomic mass is 16.5. The standard InChI is InChI=1S/C32H30N4O4/c37-32(38)22-6-8-29-30(16-22)36(18-26-11-14-39-26)31(34-29)19-35-13-10-21-5-7-25(15-24(21)17-35)40-20-23-9-12-33-28-4-2-1-3-27(23)28/h1-9,12,15-16,26H,10-11,13-14,17-20H2,(H,37,38)/t26-/m0/s1. The summed E-state index contributed by atoms with van der Waals surface area (Å²) >= 11 is 0. The molecule has 2 aliphatic heterocycles. The molecular formula is C32H30N4O4. The van der Waals surface area contributed by atoms with Gasteiger partial charge in [-0.2, -0.15) is 0 Å². The van der Waals surface area contributed by atoms with Crippen LogP contribution in [0, 0.1) is 0 Å². The smallest absolute Gasteiger partial charge is 0.335 e. The Morgan fingerprint density at radius 1 is 1.05 bits per heavy atom. The fourth-order valence-corrected chi connectivity index (χ4v) is 5.72. The Hall–Kier alpha value is -4.27. The topological polar surface area (TPSA) is 89.7 Å². The number of carboxylic acids is 1. The Bertz CT molecular complexity index is 1720. The molecule has 202 valence electrons. The molecule has 5 aromatic rings. The van der Waals surface area contributed by atoms with Gasteiger partial charge in [-0.15, -0.1) is 0 Å². The van der Waals surface area contributed by atoms with Crippen LogP contribution >= 0.6 is 0 Å². The van der Waals surface area contributed by atoms with E-state index in [0.717, 1.165) is 71.6 Å². The van der Waals surface area contributed by atoms with Gasteiger partial charge in [0, 0.05) is 36.8 Å². The third kappa shape index (κ3) is 4.80. The lowest BCUT2D eigenvalue weighted by molar-refractivity contribution is -0.0592. The number of carbonyl (C=O) groups is 1. The van der Waals surface area contributed by atoms with Crippen LogP contribution in [0.2, 0.25) is 0 Å². The van der Waals surface area contributed by atoms with Gasteiger partial charge in [0.2, 0.25) is 0 Å². The number of ether oxygens (including phenoxy) is 2. The molecule has 7 rings (SSSR count). The minimum Gasteiger partial charge on any atom is -0.489 e. The van der Waals surface area contributed by atoms with Crippen LogP contribution in [0.25, 0.3) is 21.9 Å². The highest BCUT2D eigenvalue weighted by Crippen LogP contribution is 2.28. The summed E-state index contributed by atoms with van der Waals surface area (Å²) in [5.41, 5.74) is 6.64. The summed E-state index contributed by atoms with van der Waals surface area (Å²) < 4.78 is 14.1. The maximum atomic E-state index is 11.6. The SMILES string of the molecule is O=C(O)c1ccc2nc(CN3CCc4ccc(OCc5ccnc6ccccc56)cc4C3)n(C[C@@H]3CCO3)c2c1. The molecule has 1 N–H and O–H groups in total. The zero-order valence-corrected chi connectivity index (χ0v) is 22.1. The van der Waals surface area contributed by atoms with Gasteiger partial charge in [-0.1, -0.05) is 24.3 Å². The molecule has 0 bridgehead atoms. The van der Waals surface area contributed by atoms with E-state index in [9.17, 15) is 9.90 Å². The van der Waals surface area contributed by atoms with E-state index in [4.69, 9.17) is 14.5 Å². The van der Waals surface area contributed by atoms with E-state index >= 15 is 0 Å². The van der Waals surface area contributed by atoms with Gasteiger partial charge in [0.1, 0.15) is 18.2 Å². The van der Waals surface area contributed by atoms with Gasteiger partial charge in [-0.3, -0.25) is 9.88 Å². The first-order valence-corrected chi connectivity index (χ1v) is 13.7. The maximum Gasteiger partial charge on any atom is 0.335 e. The van der Waals surface area contributed by atoms with E-state index in [1.807, 2.05) is 36.5 Å². The molecule has 8 heteroatoms. The van der Waals surface area contributed by atoms with Crippen molar-refractivity contribution in [1.29, 1.82) is 0 Å². The van der Waals surface area contributed by atoms with Gasteiger partial charge in [0.25, 0.3) is 0 Å². The van der Waals surface area contributed by atoms with E-state index in [-0.39, 0.29) is 11.7 Å². The zero-order valence-electron chi connectivity index (χ0n) is 22.1. The summed E-state index contributed by atoms with van der Waals surface area (Å²) in [5, 5.41) is 10.6. The minimum atomic E-state index is -0.932. The summed E-state index contributed by atoms with van der Waals surface area (Å²) in [7, 11) is 0. The number of hydrogen-bond acceptors (Lipinski definition) is 6. The number of fused-ring (bicyclic) bond motifs is 3. The number of rotatable bonds is 8. The molecule has 1 fully saturated rings. The molecule has 4 heterocycles. The number of benzene rings is 3. The molecule has 0 saturated carbocycles. The second-order valence-corrected chi connectivity index (χ2v) is 10.6. The average molecular weight is 535 g/mol. The lowest BCUT2D eigenvalue weighted by Crippen LogP contribution is -2.34. The molecule has 40 heavy (non-hydrogen) atoms. The Balaban J connectivity index is 1.10. The molecule has 2 aliphatic rings. The number of nitrogens with zero attached hydrogens (tertiary/aromatic N) is 4. The molecule has 3 aromatic carbocycles. The van der Waals surface area contributed by atoms with Crippen molar-refractivity contribution in [3.8, 4) is 5.75 Å². The van der Waals surface area contributed by atoms with Crippen molar-refractivity contribution in [1.82, 2.24) is 19.4 Å². The Morgan fingerprint density at radius 2 is 1.95 bits per heavy atom. The number of carboxylic acid groups (broad SMARTS) is 1. The van der Waals surface area contributed by atoms with Crippen LogP contribution in [0.5, 0.6) is 5.75 Å². The summed E-state index contributed by atoms with van der Waals surface area (Å²) in [6.07, 6.45) is 3.94. The number of aromatic carboxylic acids is 1. The van der Waals surface area contributed by atoms with Crippen LogP contribution in [0.4, 0.5) is 0 Å². The Labute approximate surface area is 231 Å². The second kappa shape index (κ2) is 10.4. The number of para-hydroxylation sites is 1. The van der Waals surface area contributed by atoms with Crippen molar-refractivity contribution in [2.45, 2.75) is 45.2 Å². The maximum absolute atomic E-state index is 11.6. The Kier molecular flexibility index (Phi) is 6.42. The highest BCUT2D eigenvalue weighted by Gasteiger charge is 2.25. The first-order valence-electron chi connectivity index (χ1n) is 13.7. The molecule has 0 radical (unpaired) electrons.